The Morgan fingerprint density at radius 3 is 1.47 bits per heavy atom. The lowest BCUT2D eigenvalue weighted by Crippen LogP contribution is -2.42. The Morgan fingerprint density at radius 2 is 1.20 bits per heavy atom. The van der Waals surface area contributed by atoms with Crippen molar-refractivity contribution in [3.8, 4) is 0 Å². The van der Waals surface area contributed by atoms with Crippen LogP contribution in [0.3, 0.4) is 0 Å². The van der Waals surface area contributed by atoms with Gasteiger partial charge in [-0.05, 0) is 26.2 Å². The van der Waals surface area contributed by atoms with Crippen molar-refractivity contribution in [2.24, 2.45) is 0 Å². The third kappa shape index (κ3) is 7.69. The van der Waals surface area contributed by atoms with E-state index >= 15 is 0 Å². The molecule has 0 unspecified atom stereocenters. The second-order valence-corrected chi connectivity index (χ2v) is 12.4. The van der Waals surface area contributed by atoms with Gasteiger partial charge in [-0.1, -0.05) is 23.6 Å². The van der Waals surface area contributed by atoms with E-state index in [4.69, 9.17) is 14.3 Å². The Balaban J connectivity index is 4.42. The van der Waals surface area contributed by atoms with Gasteiger partial charge in [-0.2, -0.15) is 0 Å². The SMILES string of the molecule is C[Si](C)(C=CCO)O[Si](C)(C)C=CCO. The smallest absolute Gasteiger partial charge is 0.198 e. The number of hydrogen-bond donors (Lipinski definition) is 2. The van der Waals surface area contributed by atoms with E-state index < -0.39 is 16.6 Å². The Labute approximate surface area is 94.4 Å². The van der Waals surface area contributed by atoms with Crippen LogP contribution in [0.2, 0.25) is 26.2 Å². The van der Waals surface area contributed by atoms with E-state index in [0.717, 1.165) is 0 Å². The van der Waals surface area contributed by atoms with Crippen LogP contribution in [-0.4, -0.2) is 40.1 Å². The summed E-state index contributed by atoms with van der Waals surface area (Å²) in [5.41, 5.74) is 3.99. The molecule has 0 fully saturated rings. The first kappa shape index (κ1) is 14.8. The highest BCUT2D eigenvalue weighted by atomic mass is 28.4. The molecule has 0 aliphatic carbocycles. The van der Waals surface area contributed by atoms with E-state index in [2.05, 4.69) is 26.2 Å². The monoisotopic (exact) mass is 246 g/mol. The van der Waals surface area contributed by atoms with Gasteiger partial charge in [-0.15, -0.1) is 0 Å². The highest BCUT2D eigenvalue weighted by Crippen LogP contribution is 2.16. The van der Waals surface area contributed by atoms with E-state index in [9.17, 15) is 0 Å². The predicted octanol–water partition coefficient (Wildman–Crippen LogP) is 1.59. The summed E-state index contributed by atoms with van der Waals surface area (Å²) in [6.07, 6.45) is 3.49. The molecule has 0 heterocycles. The van der Waals surface area contributed by atoms with Crippen LogP contribution in [-0.2, 0) is 4.12 Å². The summed E-state index contributed by atoms with van der Waals surface area (Å²) in [6, 6.07) is 0. The molecule has 2 N–H and O–H groups in total. The van der Waals surface area contributed by atoms with E-state index in [1.165, 1.54) is 0 Å². The average molecular weight is 246 g/mol. The molecule has 0 aromatic heterocycles. The van der Waals surface area contributed by atoms with Crippen molar-refractivity contribution in [1.29, 1.82) is 0 Å². The average Bonchev–Trinajstić information content (AvgIpc) is 2.10. The van der Waals surface area contributed by atoms with Gasteiger partial charge in [0.05, 0.1) is 13.2 Å². The molecule has 0 aromatic rings. The van der Waals surface area contributed by atoms with Crippen molar-refractivity contribution in [3.63, 3.8) is 0 Å². The fourth-order valence-electron chi connectivity index (χ4n) is 1.42. The van der Waals surface area contributed by atoms with Crippen LogP contribution in [0, 0.1) is 0 Å². The number of aliphatic hydroxyl groups excluding tert-OH is 2. The zero-order chi connectivity index (χ0) is 11.9. The van der Waals surface area contributed by atoms with Gasteiger partial charge in [0.2, 0.25) is 0 Å². The summed E-state index contributed by atoms with van der Waals surface area (Å²) in [6.45, 7) is 8.52. The molecule has 15 heavy (non-hydrogen) atoms. The van der Waals surface area contributed by atoms with Crippen LogP contribution < -0.4 is 0 Å². The normalized spacial score (nSPS) is 14.3. The highest BCUT2D eigenvalue weighted by molar-refractivity contribution is 6.89. The Kier molecular flexibility index (Phi) is 6.30. The third-order valence-electron chi connectivity index (χ3n) is 1.78. The number of rotatable bonds is 6. The minimum absolute atomic E-state index is 0.0637. The molecule has 0 aliphatic heterocycles. The van der Waals surface area contributed by atoms with Crippen LogP contribution >= 0.6 is 0 Å². The highest BCUT2D eigenvalue weighted by Gasteiger charge is 2.28. The van der Waals surface area contributed by atoms with E-state index in [1.807, 2.05) is 11.4 Å². The zero-order valence-electron chi connectivity index (χ0n) is 10.0. The molecule has 0 saturated heterocycles. The van der Waals surface area contributed by atoms with E-state index in [-0.39, 0.29) is 13.2 Å². The molecule has 0 atom stereocenters. The zero-order valence-corrected chi connectivity index (χ0v) is 12.0. The van der Waals surface area contributed by atoms with Crippen molar-refractivity contribution in [2.75, 3.05) is 13.2 Å². The topological polar surface area (TPSA) is 49.7 Å². The number of aliphatic hydroxyl groups is 2. The maximum atomic E-state index is 8.71. The minimum Gasteiger partial charge on any atom is -0.449 e. The molecule has 0 spiro atoms. The second-order valence-electron chi connectivity index (χ2n) is 4.48. The summed E-state index contributed by atoms with van der Waals surface area (Å²) >= 11 is 0. The quantitative estimate of drug-likeness (QED) is 0.700. The molecule has 0 rings (SSSR count). The van der Waals surface area contributed by atoms with Gasteiger partial charge in [-0.3, -0.25) is 0 Å². The van der Waals surface area contributed by atoms with Crippen molar-refractivity contribution >= 4 is 16.6 Å². The lowest BCUT2D eigenvalue weighted by molar-refractivity contribution is 0.342. The first-order chi connectivity index (χ1) is 6.83. The van der Waals surface area contributed by atoms with Gasteiger partial charge in [0, 0.05) is 0 Å². The fourth-order valence-corrected chi connectivity index (χ4v) is 8.73. The van der Waals surface area contributed by atoms with E-state index in [1.54, 1.807) is 12.2 Å². The largest absolute Gasteiger partial charge is 0.449 e. The maximum Gasteiger partial charge on any atom is 0.198 e. The minimum atomic E-state index is -1.82. The Hall–Kier alpha value is -0.206. The molecule has 0 aromatic carbocycles. The summed E-state index contributed by atoms with van der Waals surface area (Å²) in [7, 11) is -3.64. The fraction of sp³-hybridized carbons (Fsp3) is 0.600. The van der Waals surface area contributed by atoms with Crippen molar-refractivity contribution < 1.29 is 14.3 Å². The van der Waals surface area contributed by atoms with Crippen LogP contribution in [0.15, 0.2) is 23.6 Å². The predicted molar refractivity (Wildman–Crippen MR) is 68.5 cm³/mol. The first-order valence-electron chi connectivity index (χ1n) is 5.10. The molecule has 0 aliphatic rings. The van der Waals surface area contributed by atoms with Gasteiger partial charge in [-0.25, -0.2) is 0 Å². The van der Waals surface area contributed by atoms with Crippen LogP contribution in [0.4, 0.5) is 0 Å². The first-order valence-corrected chi connectivity index (χ1v) is 11.1. The molecular weight excluding hydrogens is 224 g/mol. The van der Waals surface area contributed by atoms with Crippen LogP contribution in [0.5, 0.6) is 0 Å². The Morgan fingerprint density at radius 1 is 0.867 bits per heavy atom. The van der Waals surface area contributed by atoms with Crippen molar-refractivity contribution in [2.45, 2.75) is 26.2 Å². The van der Waals surface area contributed by atoms with Crippen LogP contribution in [0.25, 0.3) is 0 Å². The standard InChI is InChI=1S/C10H22O3Si2/c1-14(2,9-5-7-11)13-15(3,4)10-6-8-12/h5-6,9-12H,7-8H2,1-4H3. The van der Waals surface area contributed by atoms with Crippen LogP contribution in [0.1, 0.15) is 0 Å². The molecular formula is C10H22O3Si2. The summed E-state index contributed by atoms with van der Waals surface area (Å²) in [4.78, 5) is 0. The molecule has 3 nitrogen and oxygen atoms in total. The van der Waals surface area contributed by atoms with Gasteiger partial charge in [0.15, 0.2) is 16.6 Å². The Bertz CT molecular complexity index is 211. The summed E-state index contributed by atoms with van der Waals surface area (Å²) in [5, 5.41) is 17.4. The van der Waals surface area contributed by atoms with E-state index in [0.29, 0.717) is 0 Å². The lowest BCUT2D eigenvalue weighted by Gasteiger charge is -2.29. The van der Waals surface area contributed by atoms with Gasteiger partial charge in [0.1, 0.15) is 0 Å². The number of hydrogen-bond acceptors (Lipinski definition) is 3. The molecule has 5 heteroatoms. The van der Waals surface area contributed by atoms with Crippen molar-refractivity contribution in [1.82, 2.24) is 0 Å². The molecule has 88 valence electrons. The molecule has 0 saturated carbocycles. The lowest BCUT2D eigenvalue weighted by atomic mass is 10.7. The van der Waals surface area contributed by atoms with Gasteiger partial charge in [0.25, 0.3) is 0 Å². The van der Waals surface area contributed by atoms with Gasteiger partial charge < -0.3 is 14.3 Å². The van der Waals surface area contributed by atoms with Crippen molar-refractivity contribution in [3.05, 3.63) is 23.6 Å². The summed E-state index contributed by atoms with van der Waals surface area (Å²) < 4.78 is 6.11. The molecule has 0 radical (unpaired) electrons. The second kappa shape index (κ2) is 6.39. The third-order valence-corrected chi connectivity index (χ3v) is 8.06. The summed E-state index contributed by atoms with van der Waals surface area (Å²) in [5.74, 6) is 0. The molecule has 0 bridgehead atoms. The maximum absolute atomic E-state index is 8.71. The molecule has 0 amide bonds. The van der Waals surface area contributed by atoms with Gasteiger partial charge >= 0.3 is 0 Å².